The van der Waals surface area contributed by atoms with Gasteiger partial charge in [-0.15, -0.1) is 0 Å². The van der Waals surface area contributed by atoms with E-state index in [1.807, 2.05) is 48.5 Å². The third kappa shape index (κ3) is 2.60. The molecule has 0 spiro atoms. The third-order valence-corrected chi connectivity index (χ3v) is 2.95. The number of anilines is 1. The van der Waals surface area contributed by atoms with Gasteiger partial charge in [-0.05, 0) is 23.7 Å². The number of halogens is 1. The normalized spacial score (nSPS) is 10.4. The molecule has 4 nitrogen and oxygen atoms in total. The topological polar surface area (TPSA) is 64.7 Å². The molecule has 0 saturated carbocycles. The predicted octanol–water partition coefficient (Wildman–Crippen LogP) is 3.44. The van der Waals surface area contributed by atoms with E-state index in [2.05, 4.69) is 15.0 Å². The molecular formula is C15H11ClN4. The summed E-state index contributed by atoms with van der Waals surface area (Å²) in [5.74, 6) is 1.05. The Kier molecular flexibility index (Phi) is 3.31. The molecule has 0 amide bonds. The second-order valence-electron chi connectivity index (χ2n) is 4.24. The van der Waals surface area contributed by atoms with Crippen LogP contribution in [-0.2, 0) is 0 Å². The summed E-state index contributed by atoms with van der Waals surface area (Å²) in [6.07, 6.45) is 0. The average molecular weight is 283 g/mol. The Balaban J connectivity index is 2.12. The van der Waals surface area contributed by atoms with Crippen LogP contribution in [-0.4, -0.2) is 15.0 Å². The van der Waals surface area contributed by atoms with Crippen molar-refractivity contribution >= 4 is 17.3 Å². The molecule has 98 valence electrons. The van der Waals surface area contributed by atoms with E-state index in [0.29, 0.717) is 17.3 Å². The number of nitrogens with zero attached hydrogens (tertiary/aromatic N) is 3. The van der Waals surface area contributed by atoms with Crippen molar-refractivity contribution in [2.24, 2.45) is 0 Å². The first kappa shape index (κ1) is 12.6. The molecule has 1 heterocycles. The monoisotopic (exact) mass is 282 g/mol. The molecule has 3 rings (SSSR count). The third-order valence-electron chi connectivity index (χ3n) is 2.78. The van der Waals surface area contributed by atoms with Gasteiger partial charge in [0, 0.05) is 16.8 Å². The summed E-state index contributed by atoms with van der Waals surface area (Å²) < 4.78 is 0. The molecule has 0 saturated heterocycles. The number of nitrogens with two attached hydrogens (primary N) is 1. The van der Waals surface area contributed by atoms with Crippen LogP contribution >= 0.6 is 11.6 Å². The highest BCUT2D eigenvalue weighted by Gasteiger charge is 2.09. The van der Waals surface area contributed by atoms with Crippen LogP contribution in [0.25, 0.3) is 22.8 Å². The van der Waals surface area contributed by atoms with Gasteiger partial charge in [0.05, 0.1) is 0 Å². The van der Waals surface area contributed by atoms with Crippen molar-refractivity contribution in [3.8, 4) is 22.8 Å². The van der Waals surface area contributed by atoms with Gasteiger partial charge in [0.1, 0.15) is 0 Å². The van der Waals surface area contributed by atoms with Crippen LogP contribution in [0.3, 0.4) is 0 Å². The van der Waals surface area contributed by atoms with Gasteiger partial charge in [0.25, 0.3) is 0 Å². The van der Waals surface area contributed by atoms with E-state index in [-0.39, 0.29) is 5.28 Å². The largest absolute Gasteiger partial charge is 0.399 e. The number of hydrogen-bond acceptors (Lipinski definition) is 4. The van der Waals surface area contributed by atoms with Crippen LogP contribution in [0.5, 0.6) is 0 Å². The summed E-state index contributed by atoms with van der Waals surface area (Å²) >= 11 is 6.00. The van der Waals surface area contributed by atoms with Crippen LogP contribution in [0.1, 0.15) is 0 Å². The summed E-state index contributed by atoms with van der Waals surface area (Å²) in [7, 11) is 0. The Morgan fingerprint density at radius 3 is 2.10 bits per heavy atom. The SMILES string of the molecule is Nc1cccc(-c2nc(Cl)nc(-c3ccccc3)n2)c1. The van der Waals surface area contributed by atoms with Crippen LogP contribution in [0.4, 0.5) is 5.69 Å². The lowest BCUT2D eigenvalue weighted by Gasteiger charge is -2.05. The maximum atomic E-state index is 6.00. The zero-order valence-electron chi connectivity index (χ0n) is 10.5. The van der Waals surface area contributed by atoms with E-state index in [4.69, 9.17) is 17.3 Å². The molecule has 0 aliphatic heterocycles. The van der Waals surface area contributed by atoms with Gasteiger partial charge in [0.15, 0.2) is 11.6 Å². The Hall–Kier alpha value is -2.46. The Morgan fingerprint density at radius 2 is 1.40 bits per heavy atom. The van der Waals surface area contributed by atoms with Crippen molar-refractivity contribution in [1.29, 1.82) is 0 Å². The molecule has 0 aliphatic rings. The number of hydrogen-bond donors (Lipinski definition) is 1. The summed E-state index contributed by atoms with van der Waals surface area (Å²) in [5, 5.41) is 0.163. The van der Waals surface area contributed by atoms with Crippen LogP contribution in [0, 0.1) is 0 Å². The van der Waals surface area contributed by atoms with Gasteiger partial charge >= 0.3 is 0 Å². The smallest absolute Gasteiger partial charge is 0.226 e. The second kappa shape index (κ2) is 5.27. The van der Waals surface area contributed by atoms with E-state index < -0.39 is 0 Å². The Labute approximate surface area is 121 Å². The zero-order chi connectivity index (χ0) is 13.9. The first-order chi connectivity index (χ1) is 9.72. The van der Waals surface area contributed by atoms with E-state index in [9.17, 15) is 0 Å². The summed E-state index contributed by atoms with van der Waals surface area (Å²) in [6.45, 7) is 0. The fraction of sp³-hybridized carbons (Fsp3) is 0. The van der Waals surface area contributed by atoms with Crippen molar-refractivity contribution < 1.29 is 0 Å². The molecule has 20 heavy (non-hydrogen) atoms. The number of aromatic nitrogens is 3. The second-order valence-corrected chi connectivity index (χ2v) is 4.58. The molecule has 0 unspecified atom stereocenters. The van der Waals surface area contributed by atoms with Crippen LogP contribution in [0.2, 0.25) is 5.28 Å². The highest BCUT2D eigenvalue weighted by molar-refractivity contribution is 6.28. The minimum atomic E-state index is 0.163. The first-order valence-electron chi connectivity index (χ1n) is 6.05. The Morgan fingerprint density at radius 1 is 0.750 bits per heavy atom. The molecule has 2 aromatic carbocycles. The minimum absolute atomic E-state index is 0.163. The highest BCUT2D eigenvalue weighted by atomic mass is 35.5. The molecule has 5 heteroatoms. The summed E-state index contributed by atoms with van der Waals surface area (Å²) in [5.41, 5.74) is 8.13. The number of rotatable bonds is 2. The van der Waals surface area contributed by atoms with Gasteiger partial charge in [-0.3, -0.25) is 0 Å². The molecule has 2 N–H and O–H groups in total. The van der Waals surface area contributed by atoms with Crippen LogP contribution < -0.4 is 5.73 Å². The summed E-state index contributed by atoms with van der Waals surface area (Å²) in [6, 6.07) is 17.0. The highest BCUT2D eigenvalue weighted by Crippen LogP contribution is 2.22. The number of benzene rings is 2. The fourth-order valence-corrected chi connectivity index (χ4v) is 2.03. The van der Waals surface area contributed by atoms with Gasteiger partial charge in [-0.25, -0.2) is 4.98 Å². The minimum Gasteiger partial charge on any atom is -0.399 e. The van der Waals surface area contributed by atoms with E-state index >= 15 is 0 Å². The van der Waals surface area contributed by atoms with Crippen molar-refractivity contribution in [1.82, 2.24) is 15.0 Å². The standard InChI is InChI=1S/C15H11ClN4/c16-15-19-13(10-5-2-1-3-6-10)18-14(20-15)11-7-4-8-12(17)9-11/h1-9H,17H2. The first-order valence-corrected chi connectivity index (χ1v) is 6.43. The average Bonchev–Trinajstić information content (AvgIpc) is 2.47. The maximum Gasteiger partial charge on any atom is 0.226 e. The quantitative estimate of drug-likeness (QED) is 0.731. The Bertz CT molecular complexity index is 744. The van der Waals surface area contributed by atoms with Crippen molar-refractivity contribution in [3.05, 3.63) is 59.9 Å². The van der Waals surface area contributed by atoms with E-state index in [1.54, 1.807) is 6.07 Å². The molecule has 0 fully saturated rings. The predicted molar refractivity (Wildman–Crippen MR) is 80.1 cm³/mol. The molecule has 3 aromatic rings. The van der Waals surface area contributed by atoms with E-state index in [1.165, 1.54) is 0 Å². The molecular weight excluding hydrogens is 272 g/mol. The molecule has 0 bridgehead atoms. The summed E-state index contributed by atoms with van der Waals surface area (Å²) in [4.78, 5) is 12.8. The van der Waals surface area contributed by atoms with Crippen LogP contribution in [0.15, 0.2) is 54.6 Å². The molecule has 0 aliphatic carbocycles. The zero-order valence-corrected chi connectivity index (χ0v) is 11.2. The number of nitrogen functional groups attached to an aromatic ring is 1. The lowest BCUT2D eigenvalue weighted by molar-refractivity contribution is 1.07. The van der Waals surface area contributed by atoms with Crippen molar-refractivity contribution in [2.75, 3.05) is 5.73 Å². The van der Waals surface area contributed by atoms with Gasteiger partial charge in [-0.2, -0.15) is 9.97 Å². The molecule has 1 aromatic heterocycles. The lowest BCUT2D eigenvalue weighted by atomic mass is 10.2. The van der Waals surface area contributed by atoms with E-state index in [0.717, 1.165) is 11.1 Å². The van der Waals surface area contributed by atoms with Crippen molar-refractivity contribution in [3.63, 3.8) is 0 Å². The fourth-order valence-electron chi connectivity index (χ4n) is 1.87. The van der Waals surface area contributed by atoms with Gasteiger partial charge < -0.3 is 5.73 Å². The maximum absolute atomic E-state index is 6.00. The lowest BCUT2D eigenvalue weighted by Crippen LogP contribution is -1.97. The molecule has 0 atom stereocenters. The van der Waals surface area contributed by atoms with Gasteiger partial charge in [-0.1, -0.05) is 42.5 Å². The van der Waals surface area contributed by atoms with Gasteiger partial charge in [0.2, 0.25) is 5.28 Å². The van der Waals surface area contributed by atoms with Crippen molar-refractivity contribution in [2.45, 2.75) is 0 Å². The molecule has 0 radical (unpaired) electrons.